The number of ether oxygens (including phenoxy) is 1. The molecule has 1 saturated heterocycles. The minimum absolute atomic E-state index is 0.278. The van der Waals surface area contributed by atoms with Gasteiger partial charge in [-0.2, -0.15) is 0 Å². The third-order valence-corrected chi connectivity index (χ3v) is 4.57. The molecule has 3 heterocycles. The van der Waals surface area contributed by atoms with Gasteiger partial charge in [-0.1, -0.05) is 12.1 Å². The first-order valence-corrected chi connectivity index (χ1v) is 9.05. The van der Waals surface area contributed by atoms with Gasteiger partial charge in [0, 0.05) is 44.8 Å². The van der Waals surface area contributed by atoms with Crippen LogP contribution in [0.15, 0.2) is 48.9 Å². The van der Waals surface area contributed by atoms with Gasteiger partial charge < -0.3 is 14.5 Å². The Kier molecular flexibility index (Phi) is 5.12. The van der Waals surface area contributed by atoms with E-state index in [9.17, 15) is 4.39 Å². The minimum Gasteiger partial charge on any atom is -0.368 e. The van der Waals surface area contributed by atoms with Crippen LogP contribution in [0.4, 0.5) is 16.3 Å². The Morgan fingerprint density at radius 2 is 1.86 bits per heavy atom. The van der Waals surface area contributed by atoms with Crippen molar-refractivity contribution < 1.29 is 9.13 Å². The van der Waals surface area contributed by atoms with Gasteiger partial charge >= 0.3 is 0 Å². The molecular formula is C20H21FN6O. The topological polar surface area (TPSA) is 67.3 Å². The average molecular weight is 380 g/mol. The summed E-state index contributed by atoms with van der Waals surface area (Å²) in [4.78, 5) is 21.8. The number of aromatic nitrogens is 4. The Morgan fingerprint density at radius 1 is 1.11 bits per heavy atom. The summed E-state index contributed by atoms with van der Waals surface area (Å²) >= 11 is 0. The van der Waals surface area contributed by atoms with Crippen LogP contribution in [0.25, 0.3) is 11.1 Å². The lowest BCUT2D eigenvalue weighted by Crippen LogP contribution is -2.39. The highest BCUT2D eigenvalue weighted by Gasteiger charge is 2.28. The Labute approximate surface area is 162 Å². The Balaban J connectivity index is 1.72. The molecule has 0 amide bonds. The summed E-state index contributed by atoms with van der Waals surface area (Å²) < 4.78 is 19.4. The van der Waals surface area contributed by atoms with E-state index < -0.39 is 0 Å². The number of benzene rings is 1. The highest BCUT2D eigenvalue weighted by molar-refractivity contribution is 5.66. The summed E-state index contributed by atoms with van der Waals surface area (Å²) in [7, 11) is 3.78. The summed E-state index contributed by atoms with van der Waals surface area (Å²) in [5, 5.41) is 0. The largest absolute Gasteiger partial charge is 0.368 e. The SMILES string of the molecule is CN(C)c1ncc(-c2ccc(F)cc2)c(C2CN(c3ncccn3)CCO2)n1. The van der Waals surface area contributed by atoms with Crippen molar-refractivity contribution in [3.8, 4) is 11.1 Å². The molecule has 7 nitrogen and oxygen atoms in total. The molecule has 144 valence electrons. The highest BCUT2D eigenvalue weighted by Crippen LogP contribution is 2.32. The van der Waals surface area contributed by atoms with E-state index in [1.807, 2.05) is 19.0 Å². The van der Waals surface area contributed by atoms with Crippen LogP contribution >= 0.6 is 0 Å². The zero-order chi connectivity index (χ0) is 19.5. The molecule has 0 saturated carbocycles. The van der Waals surface area contributed by atoms with Gasteiger partial charge in [0.25, 0.3) is 0 Å². The summed E-state index contributed by atoms with van der Waals surface area (Å²) in [6, 6.07) is 8.12. The van der Waals surface area contributed by atoms with Crippen LogP contribution in [0.3, 0.4) is 0 Å². The van der Waals surface area contributed by atoms with Crippen molar-refractivity contribution in [3.63, 3.8) is 0 Å². The summed E-state index contributed by atoms with van der Waals surface area (Å²) in [5.41, 5.74) is 2.44. The zero-order valence-electron chi connectivity index (χ0n) is 15.8. The molecule has 1 unspecified atom stereocenters. The van der Waals surface area contributed by atoms with Gasteiger partial charge in [-0.3, -0.25) is 0 Å². The van der Waals surface area contributed by atoms with E-state index in [0.29, 0.717) is 31.6 Å². The number of rotatable bonds is 4. The molecule has 2 aromatic heterocycles. The second-order valence-electron chi connectivity index (χ2n) is 6.72. The molecule has 1 aliphatic rings. The fourth-order valence-electron chi connectivity index (χ4n) is 3.15. The van der Waals surface area contributed by atoms with Crippen molar-refractivity contribution >= 4 is 11.9 Å². The molecule has 1 atom stereocenters. The Bertz CT molecular complexity index is 935. The fraction of sp³-hybridized carbons (Fsp3) is 0.300. The highest BCUT2D eigenvalue weighted by atomic mass is 19.1. The van der Waals surface area contributed by atoms with Crippen LogP contribution in [0.5, 0.6) is 0 Å². The molecule has 1 aliphatic heterocycles. The number of halogens is 1. The van der Waals surface area contributed by atoms with Crippen LogP contribution in [0, 0.1) is 5.82 Å². The lowest BCUT2D eigenvalue weighted by molar-refractivity contribution is 0.0368. The van der Waals surface area contributed by atoms with Crippen LogP contribution in [0.2, 0.25) is 0 Å². The van der Waals surface area contributed by atoms with Crippen molar-refractivity contribution in [2.75, 3.05) is 43.6 Å². The molecule has 1 aromatic carbocycles. The normalized spacial score (nSPS) is 16.8. The quantitative estimate of drug-likeness (QED) is 0.689. The maximum atomic E-state index is 13.4. The predicted octanol–water partition coefficient (Wildman–Crippen LogP) is 2.72. The average Bonchev–Trinajstić information content (AvgIpc) is 2.74. The van der Waals surface area contributed by atoms with Crippen LogP contribution in [-0.4, -0.2) is 53.7 Å². The smallest absolute Gasteiger partial charge is 0.225 e. The van der Waals surface area contributed by atoms with E-state index in [4.69, 9.17) is 9.72 Å². The molecule has 0 aliphatic carbocycles. The van der Waals surface area contributed by atoms with Gasteiger partial charge in [-0.25, -0.2) is 24.3 Å². The molecule has 0 spiro atoms. The maximum Gasteiger partial charge on any atom is 0.225 e. The van der Waals surface area contributed by atoms with Gasteiger partial charge in [-0.05, 0) is 23.8 Å². The van der Waals surface area contributed by atoms with Gasteiger partial charge in [0.2, 0.25) is 11.9 Å². The van der Waals surface area contributed by atoms with E-state index in [1.165, 1.54) is 12.1 Å². The lowest BCUT2D eigenvalue weighted by atomic mass is 10.0. The number of morpholine rings is 1. The second kappa shape index (κ2) is 7.85. The van der Waals surface area contributed by atoms with E-state index >= 15 is 0 Å². The standard InChI is InChI=1S/C20H21FN6O/c1-26(2)20-24-12-16(14-4-6-15(21)7-5-14)18(25-20)17-13-27(10-11-28-17)19-22-8-3-9-23-19/h3-9,12,17H,10-11,13H2,1-2H3. The van der Waals surface area contributed by atoms with Gasteiger partial charge in [-0.15, -0.1) is 0 Å². The monoisotopic (exact) mass is 380 g/mol. The molecule has 0 N–H and O–H groups in total. The third kappa shape index (κ3) is 3.77. The summed E-state index contributed by atoms with van der Waals surface area (Å²) in [5.74, 6) is 0.982. The number of anilines is 2. The first kappa shape index (κ1) is 18.2. The van der Waals surface area contributed by atoms with Crippen molar-refractivity contribution in [3.05, 3.63) is 60.4 Å². The third-order valence-electron chi connectivity index (χ3n) is 4.57. The van der Waals surface area contributed by atoms with Crippen molar-refractivity contribution in [1.29, 1.82) is 0 Å². The fourth-order valence-corrected chi connectivity index (χ4v) is 3.15. The van der Waals surface area contributed by atoms with E-state index in [2.05, 4.69) is 19.9 Å². The van der Waals surface area contributed by atoms with Crippen LogP contribution < -0.4 is 9.80 Å². The first-order valence-electron chi connectivity index (χ1n) is 9.05. The first-order chi connectivity index (χ1) is 13.6. The molecule has 28 heavy (non-hydrogen) atoms. The van der Waals surface area contributed by atoms with Crippen molar-refractivity contribution in [1.82, 2.24) is 19.9 Å². The van der Waals surface area contributed by atoms with E-state index in [-0.39, 0.29) is 11.9 Å². The Morgan fingerprint density at radius 3 is 2.57 bits per heavy atom. The molecular weight excluding hydrogens is 359 g/mol. The van der Waals surface area contributed by atoms with E-state index in [0.717, 1.165) is 16.8 Å². The predicted molar refractivity (Wildman–Crippen MR) is 105 cm³/mol. The maximum absolute atomic E-state index is 13.4. The number of nitrogens with zero attached hydrogens (tertiary/aromatic N) is 6. The summed E-state index contributed by atoms with van der Waals surface area (Å²) in [6.45, 7) is 1.81. The molecule has 3 aromatic rings. The van der Waals surface area contributed by atoms with E-state index in [1.54, 1.807) is 36.8 Å². The molecule has 8 heteroatoms. The van der Waals surface area contributed by atoms with Gasteiger partial charge in [0.15, 0.2) is 0 Å². The number of hydrogen-bond donors (Lipinski definition) is 0. The van der Waals surface area contributed by atoms with Gasteiger partial charge in [0.05, 0.1) is 18.8 Å². The molecule has 0 bridgehead atoms. The molecule has 0 radical (unpaired) electrons. The van der Waals surface area contributed by atoms with Gasteiger partial charge in [0.1, 0.15) is 11.9 Å². The second-order valence-corrected chi connectivity index (χ2v) is 6.72. The molecule has 1 fully saturated rings. The van der Waals surface area contributed by atoms with Crippen molar-refractivity contribution in [2.45, 2.75) is 6.10 Å². The number of hydrogen-bond acceptors (Lipinski definition) is 7. The van der Waals surface area contributed by atoms with Crippen LogP contribution in [-0.2, 0) is 4.74 Å². The zero-order valence-corrected chi connectivity index (χ0v) is 15.8. The van der Waals surface area contributed by atoms with Crippen molar-refractivity contribution in [2.24, 2.45) is 0 Å². The summed E-state index contributed by atoms with van der Waals surface area (Å²) in [6.07, 6.45) is 4.95. The Hall–Kier alpha value is -3.13. The lowest BCUT2D eigenvalue weighted by Gasteiger charge is -2.33. The molecule has 4 rings (SSSR count). The van der Waals surface area contributed by atoms with Crippen LogP contribution in [0.1, 0.15) is 11.8 Å². The minimum atomic E-state index is -0.280.